The summed E-state index contributed by atoms with van der Waals surface area (Å²) in [5, 5.41) is 0. The van der Waals surface area contributed by atoms with Gasteiger partial charge in [0.2, 0.25) is 0 Å². The maximum absolute atomic E-state index is 11.8. The molecule has 98 valence electrons. The summed E-state index contributed by atoms with van der Waals surface area (Å²) in [7, 11) is 3.65. The Morgan fingerprint density at radius 1 is 1.50 bits per heavy atom. The molecule has 3 nitrogen and oxygen atoms in total. The van der Waals surface area contributed by atoms with Crippen LogP contribution in [-0.2, 0) is 0 Å². The molecule has 0 saturated heterocycles. The number of ether oxygens (including phenoxy) is 1. The van der Waals surface area contributed by atoms with E-state index in [9.17, 15) is 4.79 Å². The summed E-state index contributed by atoms with van der Waals surface area (Å²) in [4.78, 5) is 14.0. The average molecular weight is 247 g/mol. The second kappa shape index (κ2) is 5.01. The van der Waals surface area contributed by atoms with Gasteiger partial charge in [0.15, 0.2) is 5.78 Å². The smallest absolute Gasteiger partial charge is 0.165 e. The summed E-state index contributed by atoms with van der Waals surface area (Å²) in [5.74, 6) is 2.30. The Morgan fingerprint density at radius 2 is 2.17 bits per heavy atom. The lowest BCUT2D eigenvalue weighted by Gasteiger charge is -2.23. The summed E-state index contributed by atoms with van der Waals surface area (Å²) >= 11 is 0. The van der Waals surface area contributed by atoms with Crippen molar-refractivity contribution in [1.29, 1.82) is 0 Å². The Morgan fingerprint density at radius 3 is 2.67 bits per heavy atom. The van der Waals surface area contributed by atoms with E-state index in [1.807, 2.05) is 25.2 Å². The van der Waals surface area contributed by atoms with Gasteiger partial charge < -0.3 is 9.64 Å². The van der Waals surface area contributed by atoms with Gasteiger partial charge in [0, 0.05) is 13.6 Å². The minimum atomic E-state index is 0.0538. The summed E-state index contributed by atoms with van der Waals surface area (Å²) in [5.41, 5.74) is 1.66. The number of methoxy groups -OCH3 is 1. The molecule has 0 amide bonds. The molecule has 1 saturated carbocycles. The lowest BCUT2D eigenvalue weighted by atomic mass is 10.1. The van der Waals surface area contributed by atoms with Crippen molar-refractivity contribution in [3.05, 3.63) is 23.8 Å². The van der Waals surface area contributed by atoms with Crippen molar-refractivity contribution < 1.29 is 9.53 Å². The fourth-order valence-electron chi connectivity index (χ4n) is 2.47. The first-order chi connectivity index (χ1) is 8.54. The van der Waals surface area contributed by atoms with Gasteiger partial charge >= 0.3 is 0 Å². The lowest BCUT2D eigenvalue weighted by molar-refractivity contribution is 0.101. The van der Waals surface area contributed by atoms with E-state index in [1.54, 1.807) is 14.0 Å². The van der Waals surface area contributed by atoms with E-state index in [-0.39, 0.29) is 5.78 Å². The average Bonchev–Trinajstić information content (AvgIpc) is 3.03. The van der Waals surface area contributed by atoms with Gasteiger partial charge in [-0.1, -0.05) is 13.0 Å². The number of carbonyl (C=O) groups excluding carboxylic acids is 1. The SMILES string of the molecule is COc1cccc(N(C)CC2CC2C)c1C(C)=O. The number of Topliss-reactive ketones (excluding diaryl/α,β-unsaturated/α-hetero) is 1. The summed E-state index contributed by atoms with van der Waals surface area (Å²) < 4.78 is 5.29. The van der Waals surface area contributed by atoms with Gasteiger partial charge in [0.25, 0.3) is 0 Å². The van der Waals surface area contributed by atoms with Crippen molar-refractivity contribution >= 4 is 11.5 Å². The molecule has 0 bridgehead atoms. The van der Waals surface area contributed by atoms with E-state index in [4.69, 9.17) is 4.74 Å². The molecule has 2 rings (SSSR count). The number of nitrogens with zero attached hydrogens (tertiary/aromatic N) is 1. The van der Waals surface area contributed by atoms with Crippen molar-refractivity contribution in [1.82, 2.24) is 0 Å². The molecule has 0 aliphatic heterocycles. The molecule has 1 aromatic carbocycles. The number of benzene rings is 1. The van der Waals surface area contributed by atoms with Gasteiger partial charge in [-0.15, -0.1) is 0 Å². The van der Waals surface area contributed by atoms with Crippen LogP contribution in [0.15, 0.2) is 18.2 Å². The van der Waals surface area contributed by atoms with Crippen LogP contribution in [0, 0.1) is 11.8 Å². The van der Waals surface area contributed by atoms with Crippen molar-refractivity contribution in [2.45, 2.75) is 20.3 Å². The maximum Gasteiger partial charge on any atom is 0.165 e. The molecule has 3 heteroatoms. The van der Waals surface area contributed by atoms with E-state index in [0.29, 0.717) is 11.3 Å². The predicted octanol–water partition coefficient (Wildman–Crippen LogP) is 2.99. The second-order valence-electron chi connectivity index (χ2n) is 5.26. The molecule has 18 heavy (non-hydrogen) atoms. The van der Waals surface area contributed by atoms with Crippen LogP contribution >= 0.6 is 0 Å². The molecular weight excluding hydrogens is 226 g/mol. The molecule has 2 atom stereocenters. The normalized spacial score (nSPS) is 21.6. The summed E-state index contributed by atoms with van der Waals surface area (Å²) in [6, 6.07) is 5.77. The largest absolute Gasteiger partial charge is 0.496 e. The highest BCUT2D eigenvalue weighted by atomic mass is 16.5. The molecule has 1 fully saturated rings. The van der Waals surface area contributed by atoms with Crippen molar-refractivity contribution in [3.8, 4) is 5.75 Å². The molecule has 1 aliphatic rings. The van der Waals surface area contributed by atoms with Crippen LogP contribution in [0.4, 0.5) is 5.69 Å². The minimum Gasteiger partial charge on any atom is -0.496 e. The zero-order valence-electron chi connectivity index (χ0n) is 11.6. The summed E-state index contributed by atoms with van der Waals surface area (Å²) in [6.45, 7) is 4.87. The van der Waals surface area contributed by atoms with Crippen LogP contribution in [0.3, 0.4) is 0 Å². The third-order valence-corrected chi connectivity index (χ3v) is 3.77. The predicted molar refractivity (Wildman–Crippen MR) is 73.5 cm³/mol. The first-order valence-corrected chi connectivity index (χ1v) is 6.43. The van der Waals surface area contributed by atoms with Gasteiger partial charge in [-0.25, -0.2) is 0 Å². The van der Waals surface area contributed by atoms with Crippen molar-refractivity contribution in [3.63, 3.8) is 0 Å². The number of carbonyl (C=O) groups is 1. The molecular formula is C15H21NO2. The number of rotatable bonds is 5. The Hall–Kier alpha value is -1.51. The van der Waals surface area contributed by atoms with Gasteiger partial charge in [0.1, 0.15) is 5.75 Å². The molecule has 1 aromatic rings. The van der Waals surface area contributed by atoms with Crippen LogP contribution in [0.1, 0.15) is 30.6 Å². The van der Waals surface area contributed by atoms with Crippen molar-refractivity contribution in [2.75, 3.05) is 25.6 Å². The summed E-state index contributed by atoms with van der Waals surface area (Å²) in [6.07, 6.45) is 1.30. The molecule has 0 heterocycles. The topological polar surface area (TPSA) is 29.5 Å². The van der Waals surface area contributed by atoms with Gasteiger partial charge in [-0.3, -0.25) is 4.79 Å². The molecule has 0 aromatic heterocycles. The molecule has 2 unspecified atom stereocenters. The number of anilines is 1. The second-order valence-corrected chi connectivity index (χ2v) is 5.26. The van der Waals surface area contributed by atoms with Crippen LogP contribution in [-0.4, -0.2) is 26.5 Å². The zero-order chi connectivity index (χ0) is 13.3. The Kier molecular flexibility index (Phi) is 3.60. The van der Waals surface area contributed by atoms with Crippen molar-refractivity contribution in [2.24, 2.45) is 11.8 Å². The van der Waals surface area contributed by atoms with E-state index in [2.05, 4.69) is 11.8 Å². The highest BCUT2D eigenvalue weighted by Crippen LogP contribution is 2.39. The first-order valence-electron chi connectivity index (χ1n) is 6.43. The Balaban J connectivity index is 2.27. The minimum absolute atomic E-state index is 0.0538. The van der Waals surface area contributed by atoms with Crippen LogP contribution in [0.25, 0.3) is 0 Å². The highest BCUT2D eigenvalue weighted by Gasteiger charge is 2.33. The molecule has 0 radical (unpaired) electrons. The van der Waals surface area contributed by atoms with E-state index < -0.39 is 0 Å². The maximum atomic E-state index is 11.8. The Labute approximate surface area is 109 Å². The fourth-order valence-corrected chi connectivity index (χ4v) is 2.47. The van der Waals surface area contributed by atoms with Gasteiger partial charge in [-0.2, -0.15) is 0 Å². The highest BCUT2D eigenvalue weighted by molar-refractivity contribution is 6.02. The third-order valence-electron chi connectivity index (χ3n) is 3.77. The van der Waals surface area contributed by atoms with Crippen LogP contribution in [0.5, 0.6) is 5.75 Å². The number of hydrogen-bond donors (Lipinski definition) is 0. The monoisotopic (exact) mass is 247 g/mol. The van der Waals surface area contributed by atoms with E-state index in [0.717, 1.165) is 24.1 Å². The Bertz CT molecular complexity index is 456. The standard InChI is InChI=1S/C15H21NO2/c1-10-8-12(10)9-16(3)13-6-5-7-14(18-4)15(13)11(2)17/h5-7,10,12H,8-9H2,1-4H3. The van der Waals surface area contributed by atoms with E-state index >= 15 is 0 Å². The third kappa shape index (κ3) is 2.50. The molecule has 1 aliphatic carbocycles. The molecule has 0 N–H and O–H groups in total. The number of hydrogen-bond acceptors (Lipinski definition) is 3. The zero-order valence-corrected chi connectivity index (χ0v) is 11.6. The quantitative estimate of drug-likeness (QED) is 0.749. The first kappa shape index (κ1) is 12.9. The van der Waals surface area contributed by atoms with Gasteiger partial charge in [-0.05, 0) is 37.3 Å². The molecule has 0 spiro atoms. The number of ketones is 1. The van der Waals surface area contributed by atoms with Gasteiger partial charge in [0.05, 0.1) is 18.4 Å². The lowest BCUT2D eigenvalue weighted by Crippen LogP contribution is -2.22. The van der Waals surface area contributed by atoms with E-state index in [1.165, 1.54) is 6.42 Å². The van der Waals surface area contributed by atoms with Crippen LogP contribution in [0.2, 0.25) is 0 Å². The van der Waals surface area contributed by atoms with Crippen LogP contribution < -0.4 is 9.64 Å². The fraction of sp³-hybridized carbons (Fsp3) is 0.533.